The molecule has 1 atom stereocenters. The fourth-order valence-corrected chi connectivity index (χ4v) is 2.21. The quantitative estimate of drug-likeness (QED) is 0.773. The van der Waals surface area contributed by atoms with Crippen molar-refractivity contribution in [2.24, 2.45) is 5.92 Å². The molecule has 1 aliphatic carbocycles. The van der Waals surface area contributed by atoms with Gasteiger partial charge in [-0.2, -0.15) is 0 Å². The van der Waals surface area contributed by atoms with Gasteiger partial charge in [-0.05, 0) is 52.1 Å². The topological polar surface area (TPSA) is 23.6 Å². The van der Waals surface area contributed by atoms with Crippen LogP contribution in [0.2, 0.25) is 10.0 Å². The number of hydrogen-bond donors (Lipinski definition) is 0. The number of halogens is 3. The van der Waals surface area contributed by atoms with E-state index in [4.69, 9.17) is 23.2 Å². The molecule has 3 nitrogen and oxygen atoms in total. The highest BCUT2D eigenvalue weighted by Gasteiger charge is 2.36. The van der Waals surface area contributed by atoms with Crippen molar-refractivity contribution >= 4 is 47.2 Å². The zero-order valence-corrected chi connectivity index (χ0v) is 14.1. The molecule has 2 rings (SSSR count). The first-order valence-electron chi connectivity index (χ1n) is 6.36. The highest BCUT2D eigenvalue weighted by Crippen LogP contribution is 2.35. The molecule has 0 bridgehead atoms. The predicted molar refractivity (Wildman–Crippen MR) is 87.1 cm³/mol. The number of hydrogen-bond acceptors (Lipinski definition) is 2. The van der Waals surface area contributed by atoms with E-state index in [-0.39, 0.29) is 30.4 Å². The lowest BCUT2D eigenvalue weighted by molar-refractivity contribution is -0.120. The number of amides is 1. The molecule has 20 heavy (non-hydrogen) atoms. The summed E-state index contributed by atoms with van der Waals surface area (Å²) in [5.41, 5.74) is 0.799. The van der Waals surface area contributed by atoms with Gasteiger partial charge in [-0.25, -0.2) is 0 Å². The van der Waals surface area contributed by atoms with Gasteiger partial charge in [0.2, 0.25) is 5.91 Å². The highest BCUT2D eigenvalue weighted by molar-refractivity contribution is 6.42. The molecule has 0 aromatic heterocycles. The Morgan fingerprint density at radius 3 is 2.30 bits per heavy atom. The summed E-state index contributed by atoms with van der Waals surface area (Å²) in [5.74, 6) is 0.330. The maximum atomic E-state index is 12.5. The van der Waals surface area contributed by atoms with Crippen molar-refractivity contribution in [1.29, 1.82) is 0 Å². The molecule has 0 heterocycles. The SMILES string of the molecule is CC(N(C)C)N(C(=O)C1CC1)c1ccc(Cl)c(Cl)c1.Cl. The standard InChI is InChI=1S/C14H18Cl2N2O.ClH/c1-9(17(2)3)18(14(19)10-4-5-10)11-6-7-12(15)13(16)8-11;/h6-10H,4-5H2,1-3H3;1H. The van der Waals surface area contributed by atoms with E-state index in [1.54, 1.807) is 17.0 Å². The molecule has 0 spiro atoms. The average Bonchev–Trinajstić information content (AvgIpc) is 3.17. The van der Waals surface area contributed by atoms with E-state index in [1.807, 2.05) is 32.0 Å². The summed E-state index contributed by atoms with van der Waals surface area (Å²) < 4.78 is 0. The van der Waals surface area contributed by atoms with E-state index < -0.39 is 0 Å². The molecule has 112 valence electrons. The zero-order valence-electron chi connectivity index (χ0n) is 11.8. The molecule has 0 radical (unpaired) electrons. The number of carbonyl (C=O) groups is 1. The summed E-state index contributed by atoms with van der Waals surface area (Å²) >= 11 is 12.0. The summed E-state index contributed by atoms with van der Waals surface area (Å²) in [6, 6.07) is 5.33. The molecule has 1 aromatic carbocycles. The van der Waals surface area contributed by atoms with Crippen LogP contribution in [0.3, 0.4) is 0 Å². The molecule has 1 amide bonds. The maximum absolute atomic E-state index is 12.5. The lowest BCUT2D eigenvalue weighted by atomic mass is 10.2. The molecule has 6 heteroatoms. The van der Waals surface area contributed by atoms with Gasteiger partial charge in [-0.3, -0.25) is 14.6 Å². The van der Waals surface area contributed by atoms with Crippen molar-refractivity contribution in [3.8, 4) is 0 Å². The summed E-state index contributed by atoms with van der Waals surface area (Å²) in [6.45, 7) is 2.00. The summed E-state index contributed by atoms with van der Waals surface area (Å²) in [6.07, 6.45) is 1.94. The minimum atomic E-state index is -0.0228. The van der Waals surface area contributed by atoms with Gasteiger partial charge >= 0.3 is 0 Å². The van der Waals surface area contributed by atoms with E-state index in [0.717, 1.165) is 18.5 Å². The number of benzene rings is 1. The minimum absolute atomic E-state index is 0. The van der Waals surface area contributed by atoms with Gasteiger partial charge in [0.1, 0.15) is 0 Å². The van der Waals surface area contributed by atoms with Crippen LogP contribution in [0, 0.1) is 5.92 Å². The predicted octanol–water partition coefficient (Wildman–Crippen LogP) is 4.07. The first-order chi connectivity index (χ1) is 8.91. The molecule has 1 fully saturated rings. The van der Waals surface area contributed by atoms with E-state index >= 15 is 0 Å². The normalized spacial score (nSPS) is 15.7. The summed E-state index contributed by atoms with van der Waals surface area (Å²) in [7, 11) is 3.91. The third-order valence-electron chi connectivity index (χ3n) is 3.47. The number of carbonyl (C=O) groups excluding carboxylic acids is 1. The second-order valence-corrected chi connectivity index (χ2v) is 5.99. The molecule has 0 saturated heterocycles. The van der Waals surface area contributed by atoms with Crippen molar-refractivity contribution in [2.45, 2.75) is 25.9 Å². The number of rotatable bonds is 4. The number of anilines is 1. The van der Waals surface area contributed by atoms with E-state index in [0.29, 0.717) is 10.0 Å². The lowest BCUT2D eigenvalue weighted by Gasteiger charge is -2.34. The summed E-state index contributed by atoms with van der Waals surface area (Å²) in [5, 5.41) is 0.973. The van der Waals surface area contributed by atoms with Crippen LogP contribution in [0.25, 0.3) is 0 Å². The van der Waals surface area contributed by atoms with Gasteiger partial charge in [0, 0.05) is 11.6 Å². The van der Waals surface area contributed by atoms with Crippen molar-refractivity contribution in [3.05, 3.63) is 28.2 Å². The maximum Gasteiger partial charge on any atom is 0.231 e. The van der Waals surface area contributed by atoms with Crippen LogP contribution in [0.15, 0.2) is 18.2 Å². The monoisotopic (exact) mass is 336 g/mol. The molecule has 1 saturated carbocycles. The van der Waals surface area contributed by atoms with E-state index in [9.17, 15) is 4.79 Å². The van der Waals surface area contributed by atoms with Crippen LogP contribution in [-0.4, -0.2) is 31.1 Å². The fourth-order valence-electron chi connectivity index (χ4n) is 1.92. The van der Waals surface area contributed by atoms with Gasteiger partial charge in [0.25, 0.3) is 0 Å². The first-order valence-corrected chi connectivity index (χ1v) is 7.12. The van der Waals surface area contributed by atoms with Crippen LogP contribution >= 0.6 is 35.6 Å². The Morgan fingerprint density at radius 1 is 1.25 bits per heavy atom. The molecule has 0 N–H and O–H groups in total. The first kappa shape index (κ1) is 17.6. The third-order valence-corrected chi connectivity index (χ3v) is 4.21. The third kappa shape index (κ3) is 3.79. The van der Waals surface area contributed by atoms with Gasteiger partial charge < -0.3 is 0 Å². The largest absolute Gasteiger partial charge is 0.296 e. The molecule has 1 aromatic rings. The Bertz CT molecular complexity index is 489. The van der Waals surface area contributed by atoms with Crippen LogP contribution in [0.5, 0.6) is 0 Å². The van der Waals surface area contributed by atoms with Crippen molar-refractivity contribution in [1.82, 2.24) is 4.90 Å². The van der Waals surface area contributed by atoms with Crippen molar-refractivity contribution in [2.75, 3.05) is 19.0 Å². The van der Waals surface area contributed by atoms with Crippen LogP contribution < -0.4 is 4.90 Å². The Morgan fingerprint density at radius 2 is 1.85 bits per heavy atom. The number of nitrogens with zero attached hydrogens (tertiary/aromatic N) is 2. The molecule has 1 unspecified atom stereocenters. The van der Waals surface area contributed by atoms with Gasteiger partial charge in [0.15, 0.2) is 0 Å². The Balaban J connectivity index is 0.00000200. The van der Waals surface area contributed by atoms with Crippen LogP contribution in [0.1, 0.15) is 19.8 Å². The van der Waals surface area contributed by atoms with Crippen LogP contribution in [-0.2, 0) is 4.79 Å². The minimum Gasteiger partial charge on any atom is -0.296 e. The molecule has 1 aliphatic rings. The summed E-state index contributed by atoms with van der Waals surface area (Å²) in [4.78, 5) is 16.3. The fraction of sp³-hybridized carbons (Fsp3) is 0.500. The molecular formula is C14H19Cl3N2O. The van der Waals surface area contributed by atoms with Crippen molar-refractivity contribution in [3.63, 3.8) is 0 Å². The Kier molecular flexibility index (Phi) is 6.14. The lowest BCUT2D eigenvalue weighted by Crippen LogP contribution is -2.47. The van der Waals surface area contributed by atoms with Gasteiger partial charge in [0.05, 0.1) is 16.2 Å². The van der Waals surface area contributed by atoms with Crippen molar-refractivity contribution < 1.29 is 4.79 Å². The van der Waals surface area contributed by atoms with Gasteiger partial charge in [-0.15, -0.1) is 12.4 Å². The Hall–Kier alpha value is -0.480. The average molecular weight is 338 g/mol. The second kappa shape index (κ2) is 6.99. The molecular weight excluding hydrogens is 319 g/mol. The Labute approximate surface area is 136 Å². The highest BCUT2D eigenvalue weighted by atomic mass is 35.5. The van der Waals surface area contributed by atoms with E-state index in [2.05, 4.69) is 0 Å². The van der Waals surface area contributed by atoms with E-state index in [1.165, 1.54) is 0 Å². The molecule has 0 aliphatic heterocycles. The van der Waals surface area contributed by atoms with Crippen LogP contribution in [0.4, 0.5) is 5.69 Å². The zero-order chi connectivity index (χ0) is 14.2. The second-order valence-electron chi connectivity index (χ2n) is 5.18. The smallest absolute Gasteiger partial charge is 0.231 e. The van der Waals surface area contributed by atoms with Gasteiger partial charge in [-0.1, -0.05) is 23.2 Å².